The summed E-state index contributed by atoms with van der Waals surface area (Å²) in [6.07, 6.45) is 1.91. The summed E-state index contributed by atoms with van der Waals surface area (Å²) in [5.74, 6) is -2.12. The van der Waals surface area contributed by atoms with E-state index in [4.69, 9.17) is 11.6 Å². The first-order valence-corrected chi connectivity index (χ1v) is 12.8. The van der Waals surface area contributed by atoms with Crippen LogP contribution >= 0.6 is 22.9 Å². The molecule has 5 rings (SSSR count). The number of H-pyrrole nitrogens is 1. The number of nitrogens with zero attached hydrogens (tertiary/aromatic N) is 2. The zero-order valence-corrected chi connectivity index (χ0v) is 20.7. The zero-order valence-electron chi connectivity index (χ0n) is 19.1. The van der Waals surface area contributed by atoms with Crippen LogP contribution in [0.1, 0.15) is 50.1 Å². The Hall–Kier alpha value is -2.95. The summed E-state index contributed by atoms with van der Waals surface area (Å²) >= 11 is 7.43. The number of carbonyl (C=O) groups is 3. The number of benzene rings is 1. The Kier molecular flexibility index (Phi) is 6.52. The molecule has 35 heavy (non-hydrogen) atoms. The lowest BCUT2D eigenvalue weighted by Crippen LogP contribution is -2.55. The van der Waals surface area contributed by atoms with Crippen LogP contribution < -0.4 is 10.6 Å². The van der Waals surface area contributed by atoms with Crippen molar-refractivity contribution in [3.05, 3.63) is 50.6 Å². The van der Waals surface area contributed by atoms with Crippen molar-refractivity contribution < 1.29 is 19.5 Å². The molecule has 0 radical (unpaired) electrons. The second-order valence-corrected chi connectivity index (χ2v) is 10.8. The van der Waals surface area contributed by atoms with Crippen LogP contribution in [0, 0.1) is 5.92 Å². The molecule has 11 heteroatoms. The number of hydrogen-bond acceptors (Lipinski definition) is 6. The molecule has 2 amide bonds. The third kappa shape index (κ3) is 5.05. The average Bonchev–Trinajstić information content (AvgIpc) is 3.43. The van der Waals surface area contributed by atoms with E-state index < -0.39 is 24.0 Å². The van der Waals surface area contributed by atoms with E-state index in [-0.39, 0.29) is 18.2 Å². The number of likely N-dealkylation sites (N-methyl/N-ethyl adjacent to an activating group) is 1. The number of carbonyl (C=O) groups excluding carboxylic acids is 2. The van der Waals surface area contributed by atoms with Crippen molar-refractivity contribution >= 4 is 51.6 Å². The van der Waals surface area contributed by atoms with Gasteiger partial charge in [-0.25, -0.2) is 4.98 Å². The van der Waals surface area contributed by atoms with Crippen LogP contribution in [0.15, 0.2) is 24.3 Å². The van der Waals surface area contributed by atoms with Gasteiger partial charge in [0.25, 0.3) is 11.8 Å². The van der Waals surface area contributed by atoms with Gasteiger partial charge in [-0.15, -0.1) is 11.3 Å². The van der Waals surface area contributed by atoms with Crippen molar-refractivity contribution in [1.29, 1.82) is 0 Å². The number of nitrogens with one attached hydrogen (secondary N) is 3. The highest BCUT2D eigenvalue weighted by molar-refractivity contribution is 7.13. The third-order valence-corrected chi connectivity index (χ3v) is 8.09. The van der Waals surface area contributed by atoms with Gasteiger partial charge in [0.1, 0.15) is 5.69 Å². The maximum atomic E-state index is 13.1. The van der Waals surface area contributed by atoms with Crippen molar-refractivity contribution in [2.45, 2.75) is 44.3 Å². The maximum Gasteiger partial charge on any atom is 0.306 e. The molecule has 3 aromatic rings. The summed E-state index contributed by atoms with van der Waals surface area (Å²) in [6.45, 7) is 1.66. The first-order chi connectivity index (χ1) is 16.8. The molecule has 1 fully saturated rings. The lowest BCUT2D eigenvalue weighted by atomic mass is 9.82. The van der Waals surface area contributed by atoms with Crippen LogP contribution in [-0.4, -0.2) is 63.4 Å². The molecule has 3 heterocycles. The highest BCUT2D eigenvalue weighted by atomic mass is 35.5. The SMILES string of the molecule is CN1CCc2nc(C(=O)N[C@@H]3CC(C(=O)O)CC[C@@H]3NC(=O)c3cc4cc(Cl)ccc4[nH]3)sc2C1. The minimum Gasteiger partial charge on any atom is -0.481 e. The van der Waals surface area contributed by atoms with Crippen LogP contribution in [0.3, 0.4) is 0 Å². The van der Waals surface area contributed by atoms with Gasteiger partial charge in [-0.1, -0.05) is 11.6 Å². The van der Waals surface area contributed by atoms with Crippen LogP contribution in [0.25, 0.3) is 10.9 Å². The molecule has 1 saturated carbocycles. The standard InChI is InChI=1S/C24H26ClN5O4S/c1-30-7-6-17-20(11-30)35-23(29-17)22(32)28-18-9-12(24(33)34)2-4-16(18)27-21(31)19-10-13-8-14(25)3-5-15(13)26-19/h3,5,8,10,12,16,18,26H,2,4,6-7,9,11H2,1H3,(H,27,31)(H,28,32)(H,33,34)/t12?,16-,18+/m0/s1. The fourth-order valence-electron chi connectivity index (χ4n) is 4.85. The highest BCUT2D eigenvalue weighted by Crippen LogP contribution is 2.28. The topological polar surface area (TPSA) is 127 Å². The first kappa shape index (κ1) is 23.8. The summed E-state index contributed by atoms with van der Waals surface area (Å²) in [6, 6.07) is 6.12. The van der Waals surface area contributed by atoms with Gasteiger partial charge in [-0.05, 0) is 50.6 Å². The Bertz CT molecular complexity index is 1300. The number of carboxylic acids is 1. The number of aromatic amines is 1. The molecule has 1 unspecified atom stereocenters. The lowest BCUT2D eigenvalue weighted by molar-refractivity contribution is -0.143. The maximum absolute atomic E-state index is 13.1. The van der Waals surface area contributed by atoms with E-state index in [2.05, 4.69) is 25.5 Å². The number of amides is 2. The summed E-state index contributed by atoms with van der Waals surface area (Å²) in [5.41, 5.74) is 2.12. The second-order valence-electron chi connectivity index (χ2n) is 9.30. The van der Waals surface area contributed by atoms with Crippen molar-refractivity contribution in [3.8, 4) is 0 Å². The van der Waals surface area contributed by atoms with Crippen molar-refractivity contribution in [3.63, 3.8) is 0 Å². The molecule has 4 N–H and O–H groups in total. The van der Waals surface area contributed by atoms with E-state index in [1.54, 1.807) is 24.3 Å². The number of thiazole rings is 1. The van der Waals surface area contributed by atoms with E-state index in [9.17, 15) is 19.5 Å². The second kappa shape index (κ2) is 9.60. The summed E-state index contributed by atoms with van der Waals surface area (Å²) in [5, 5.41) is 17.3. The summed E-state index contributed by atoms with van der Waals surface area (Å²) in [4.78, 5) is 48.7. The van der Waals surface area contributed by atoms with E-state index >= 15 is 0 Å². The van der Waals surface area contributed by atoms with Gasteiger partial charge in [-0.2, -0.15) is 0 Å². The molecule has 9 nitrogen and oxygen atoms in total. The van der Waals surface area contributed by atoms with Crippen molar-refractivity contribution in [1.82, 2.24) is 25.5 Å². The zero-order chi connectivity index (χ0) is 24.7. The van der Waals surface area contributed by atoms with Crippen molar-refractivity contribution in [2.75, 3.05) is 13.6 Å². The monoisotopic (exact) mass is 515 g/mol. The molecule has 0 saturated heterocycles. The molecular weight excluding hydrogens is 490 g/mol. The predicted octanol–water partition coefficient (Wildman–Crippen LogP) is 3.05. The van der Waals surface area contributed by atoms with E-state index in [1.807, 2.05) is 7.05 Å². The Morgan fingerprint density at radius 1 is 1.17 bits per heavy atom. The van der Waals surface area contributed by atoms with E-state index in [1.165, 1.54) is 11.3 Å². The average molecular weight is 516 g/mol. The molecular formula is C24H26ClN5O4S. The Morgan fingerprint density at radius 2 is 1.97 bits per heavy atom. The smallest absolute Gasteiger partial charge is 0.306 e. The molecule has 184 valence electrons. The molecule has 0 bridgehead atoms. The van der Waals surface area contributed by atoms with E-state index in [0.29, 0.717) is 28.6 Å². The van der Waals surface area contributed by atoms with Gasteiger partial charge in [0.05, 0.1) is 17.7 Å². The van der Waals surface area contributed by atoms with Crippen LogP contribution in [0.4, 0.5) is 0 Å². The van der Waals surface area contributed by atoms with Gasteiger partial charge < -0.3 is 25.6 Å². The number of fused-ring (bicyclic) bond motifs is 2. The van der Waals surface area contributed by atoms with Crippen LogP contribution in [0.5, 0.6) is 0 Å². The van der Waals surface area contributed by atoms with Gasteiger partial charge >= 0.3 is 5.97 Å². The van der Waals surface area contributed by atoms with Crippen molar-refractivity contribution in [2.24, 2.45) is 5.92 Å². The fraction of sp³-hybridized carbons (Fsp3) is 0.417. The third-order valence-electron chi connectivity index (χ3n) is 6.78. The number of halogens is 1. The summed E-state index contributed by atoms with van der Waals surface area (Å²) in [7, 11) is 2.03. The number of carboxylic acid groups (broad SMARTS) is 1. The molecule has 1 aliphatic carbocycles. The molecule has 0 spiro atoms. The summed E-state index contributed by atoms with van der Waals surface area (Å²) < 4.78 is 0. The predicted molar refractivity (Wildman–Crippen MR) is 133 cm³/mol. The Morgan fingerprint density at radius 3 is 2.77 bits per heavy atom. The normalized spacial score (nSPS) is 22.5. The molecule has 2 aliphatic rings. The minimum absolute atomic E-state index is 0.238. The number of aromatic nitrogens is 2. The molecule has 1 aromatic carbocycles. The van der Waals surface area contributed by atoms with Gasteiger partial charge in [0.15, 0.2) is 5.01 Å². The molecule has 1 aliphatic heterocycles. The number of rotatable bonds is 5. The fourth-order valence-corrected chi connectivity index (χ4v) is 6.12. The van der Waals surface area contributed by atoms with Crippen LogP contribution in [-0.2, 0) is 17.8 Å². The highest BCUT2D eigenvalue weighted by Gasteiger charge is 2.36. The van der Waals surface area contributed by atoms with Gasteiger partial charge in [0.2, 0.25) is 0 Å². The Balaban J connectivity index is 1.32. The molecule has 3 atom stereocenters. The number of hydrogen-bond donors (Lipinski definition) is 4. The van der Waals surface area contributed by atoms with Gasteiger partial charge in [0, 0.05) is 46.4 Å². The number of aliphatic carboxylic acids is 1. The largest absolute Gasteiger partial charge is 0.481 e. The quantitative estimate of drug-likeness (QED) is 0.413. The lowest BCUT2D eigenvalue weighted by Gasteiger charge is -2.35. The Labute approximate surface area is 210 Å². The first-order valence-electron chi connectivity index (χ1n) is 11.6. The van der Waals surface area contributed by atoms with E-state index in [0.717, 1.165) is 41.0 Å². The van der Waals surface area contributed by atoms with Crippen LogP contribution in [0.2, 0.25) is 5.02 Å². The minimum atomic E-state index is -0.894. The molecule has 2 aromatic heterocycles. The van der Waals surface area contributed by atoms with Gasteiger partial charge in [-0.3, -0.25) is 14.4 Å².